The number of H-pyrrole nitrogens is 1. The summed E-state index contributed by atoms with van der Waals surface area (Å²) in [6.45, 7) is 1.48. The van der Waals surface area contributed by atoms with Crippen LogP contribution in [0.25, 0.3) is 22.0 Å². The number of nitrogens with two attached hydrogens (primary N) is 1. The summed E-state index contributed by atoms with van der Waals surface area (Å²) in [4.78, 5) is 16.6. The van der Waals surface area contributed by atoms with E-state index in [0.29, 0.717) is 12.4 Å². The Morgan fingerprint density at radius 2 is 1.43 bits per heavy atom. The van der Waals surface area contributed by atoms with E-state index in [1.807, 2.05) is 36.4 Å². The summed E-state index contributed by atoms with van der Waals surface area (Å²) >= 11 is 1.53. The fraction of sp³-hybridized carbons (Fsp3) is 0.0690. The van der Waals surface area contributed by atoms with Crippen LogP contribution in [0, 0.1) is 0 Å². The van der Waals surface area contributed by atoms with Gasteiger partial charge in [0.05, 0.1) is 4.90 Å². The van der Waals surface area contributed by atoms with Gasteiger partial charge >= 0.3 is 6.09 Å². The van der Waals surface area contributed by atoms with Crippen LogP contribution >= 0.6 is 11.8 Å². The van der Waals surface area contributed by atoms with Crippen LogP contribution in [0.15, 0.2) is 113 Å². The van der Waals surface area contributed by atoms with Gasteiger partial charge in [-0.2, -0.15) is 0 Å². The molecule has 0 unspecified atom stereocenters. The molecule has 1 aromatic heterocycles. The zero-order valence-corrected chi connectivity index (χ0v) is 19.8. The molecule has 0 bridgehead atoms. The zero-order chi connectivity index (χ0) is 24.0. The first-order valence-electron chi connectivity index (χ1n) is 11.4. The predicted octanol–water partition coefficient (Wildman–Crippen LogP) is 6.73. The summed E-state index contributed by atoms with van der Waals surface area (Å²) in [5.41, 5.74) is 11.0. The minimum atomic E-state index is -0.841. The smallest absolute Gasteiger partial charge is 0.392 e. The Morgan fingerprint density at radius 1 is 0.800 bits per heavy atom. The van der Waals surface area contributed by atoms with Crippen LogP contribution in [0.1, 0.15) is 11.1 Å². The fourth-order valence-corrected chi connectivity index (χ4v) is 4.98. The highest BCUT2D eigenvalue weighted by Gasteiger charge is 2.16. The molecule has 174 valence electrons. The number of hydrogen-bond acceptors (Lipinski definition) is 4. The first-order valence-corrected chi connectivity index (χ1v) is 12.2. The summed E-state index contributed by atoms with van der Waals surface area (Å²) in [6, 6.07) is 35.2. The highest BCUT2D eigenvalue weighted by molar-refractivity contribution is 7.99. The SMILES string of the molecule is NC(=O)Oc1[nH]c2cc(CNCc3ccc(-c4ccccc4)cc3)ccc2c1Sc1ccccc1. The summed E-state index contributed by atoms with van der Waals surface area (Å²) in [5, 5.41) is 4.49. The lowest BCUT2D eigenvalue weighted by Crippen LogP contribution is -2.16. The molecule has 0 aliphatic rings. The van der Waals surface area contributed by atoms with Gasteiger partial charge in [-0.05, 0) is 40.5 Å². The van der Waals surface area contributed by atoms with E-state index >= 15 is 0 Å². The van der Waals surface area contributed by atoms with Crippen molar-refractivity contribution in [1.82, 2.24) is 10.3 Å². The van der Waals surface area contributed by atoms with Crippen molar-refractivity contribution < 1.29 is 9.53 Å². The molecular formula is C29H25N3O2S. The van der Waals surface area contributed by atoms with Crippen LogP contribution in [-0.2, 0) is 13.1 Å². The highest BCUT2D eigenvalue weighted by Crippen LogP contribution is 2.41. The molecule has 0 saturated heterocycles. The lowest BCUT2D eigenvalue weighted by molar-refractivity contribution is 0.208. The number of aromatic amines is 1. The van der Waals surface area contributed by atoms with Crippen molar-refractivity contribution in [3.05, 3.63) is 114 Å². The van der Waals surface area contributed by atoms with Crippen molar-refractivity contribution in [3.63, 3.8) is 0 Å². The molecule has 4 aromatic carbocycles. The maximum atomic E-state index is 11.5. The molecule has 5 rings (SSSR count). The van der Waals surface area contributed by atoms with E-state index in [0.717, 1.165) is 32.8 Å². The Kier molecular flexibility index (Phi) is 6.84. The second kappa shape index (κ2) is 10.5. The van der Waals surface area contributed by atoms with E-state index < -0.39 is 6.09 Å². The molecule has 0 fully saturated rings. The topological polar surface area (TPSA) is 80.1 Å². The molecule has 1 amide bonds. The lowest BCUT2D eigenvalue weighted by Gasteiger charge is -2.07. The Bertz CT molecular complexity index is 1430. The van der Waals surface area contributed by atoms with E-state index in [1.165, 1.54) is 28.5 Å². The molecule has 35 heavy (non-hydrogen) atoms. The van der Waals surface area contributed by atoms with Gasteiger partial charge in [0.15, 0.2) is 0 Å². The molecule has 5 nitrogen and oxygen atoms in total. The molecule has 6 heteroatoms. The van der Waals surface area contributed by atoms with Crippen molar-refractivity contribution in [2.24, 2.45) is 5.73 Å². The van der Waals surface area contributed by atoms with Crippen molar-refractivity contribution >= 4 is 28.8 Å². The number of benzene rings is 4. The van der Waals surface area contributed by atoms with Gasteiger partial charge in [0, 0.05) is 28.9 Å². The van der Waals surface area contributed by atoms with Gasteiger partial charge in [-0.1, -0.05) is 96.7 Å². The maximum Gasteiger partial charge on any atom is 0.411 e. The molecule has 0 radical (unpaired) electrons. The first kappa shape index (κ1) is 22.8. The maximum absolute atomic E-state index is 11.5. The quantitative estimate of drug-likeness (QED) is 0.230. The van der Waals surface area contributed by atoms with Crippen LogP contribution in [0.4, 0.5) is 4.79 Å². The molecule has 5 aromatic rings. The van der Waals surface area contributed by atoms with Crippen LogP contribution < -0.4 is 15.8 Å². The largest absolute Gasteiger partial charge is 0.411 e. The molecule has 4 N–H and O–H groups in total. The number of hydrogen-bond donors (Lipinski definition) is 3. The van der Waals surface area contributed by atoms with Gasteiger partial charge in [-0.3, -0.25) is 0 Å². The van der Waals surface area contributed by atoms with Crippen LogP contribution in [0.5, 0.6) is 5.88 Å². The number of aromatic nitrogens is 1. The molecule has 0 saturated carbocycles. The minimum Gasteiger partial charge on any atom is -0.392 e. The van der Waals surface area contributed by atoms with E-state index in [-0.39, 0.29) is 0 Å². The third kappa shape index (κ3) is 5.57. The second-order valence-electron chi connectivity index (χ2n) is 8.17. The van der Waals surface area contributed by atoms with Crippen LogP contribution in [-0.4, -0.2) is 11.1 Å². The van der Waals surface area contributed by atoms with Crippen LogP contribution in [0.2, 0.25) is 0 Å². The normalized spacial score (nSPS) is 11.0. The third-order valence-electron chi connectivity index (χ3n) is 5.67. The number of primary amides is 1. The summed E-state index contributed by atoms with van der Waals surface area (Å²) in [5.74, 6) is 0.366. The highest BCUT2D eigenvalue weighted by atomic mass is 32.2. The number of amides is 1. The van der Waals surface area contributed by atoms with Gasteiger partial charge in [-0.25, -0.2) is 4.79 Å². The van der Waals surface area contributed by atoms with Crippen molar-refractivity contribution in [2.75, 3.05) is 0 Å². The Balaban J connectivity index is 1.28. The number of rotatable bonds is 8. The van der Waals surface area contributed by atoms with E-state index in [9.17, 15) is 4.79 Å². The van der Waals surface area contributed by atoms with Crippen molar-refractivity contribution in [2.45, 2.75) is 22.9 Å². The van der Waals surface area contributed by atoms with E-state index in [4.69, 9.17) is 10.5 Å². The molecular weight excluding hydrogens is 454 g/mol. The van der Waals surface area contributed by atoms with Gasteiger partial charge in [0.1, 0.15) is 0 Å². The summed E-state index contributed by atoms with van der Waals surface area (Å²) in [7, 11) is 0. The van der Waals surface area contributed by atoms with Gasteiger partial charge in [-0.15, -0.1) is 0 Å². The molecule has 0 atom stereocenters. The van der Waals surface area contributed by atoms with Gasteiger partial charge in [0.2, 0.25) is 5.88 Å². The Hall–Kier alpha value is -4.00. The Morgan fingerprint density at radius 3 is 2.14 bits per heavy atom. The number of fused-ring (bicyclic) bond motifs is 1. The van der Waals surface area contributed by atoms with Crippen molar-refractivity contribution in [1.29, 1.82) is 0 Å². The number of carbonyl (C=O) groups excluding carboxylic acids is 1. The monoisotopic (exact) mass is 479 g/mol. The predicted molar refractivity (Wildman–Crippen MR) is 141 cm³/mol. The van der Waals surface area contributed by atoms with Gasteiger partial charge < -0.3 is 20.8 Å². The lowest BCUT2D eigenvalue weighted by atomic mass is 10.0. The van der Waals surface area contributed by atoms with Crippen LogP contribution in [0.3, 0.4) is 0 Å². The second-order valence-corrected chi connectivity index (χ2v) is 9.25. The molecule has 1 heterocycles. The molecule has 0 aliphatic heterocycles. The molecule has 0 aliphatic carbocycles. The number of ether oxygens (including phenoxy) is 1. The Labute approximate surface area is 208 Å². The van der Waals surface area contributed by atoms with Crippen molar-refractivity contribution in [3.8, 4) is 17.0 Å². The fourth-order valence-electron chi connectivity index (χ4n) is 3.98. The first-order chi connectivity index (χ1) is 17.2. The molecule has 0 spiro atoms. The number of nitrogens with one attached hydrogen (secondary N) is 2. The van der Waals surface area contributed by atoms with Gasteiger partial charge in [0.25, 0.3) is 0 Å². The number of carbonyl (C=O) groups is 1. The zero-order valence-electron chi connectivity index (χ0n) is 19.0. The summed E-state index contributed by atoms with van der Waals surface area (Å²) < 4.78 is 5.27. The van der Waals surface area contributed by atoms with E-state index in [2.05, 4.69) is 77.0 Å². The minimum absolute atomic E-state index is 0.366. The average Bonchev–Trinajstić information content (AvgIpc) is 3.21. The standard InChI is InChI=1S/C29H25N3O2S/c30-29(33)34-28-27(35-24-9-5-2-6-10-24)25-16-13-21(17-26(25)32-28)19-31-18-20-11-14-23(15-12-20)22-7-3-1-4-8-22/h1-17,31-32H,18-19H2,(H2,30,33). The van der Waals surface area contributed by atoms with E-state index in [1.54, 1.807) is 0 Å². The third-order valence-corrected chi connectivity index (χ3v) is 6.79. The summed E-state index contributed by atoms with van der Waals surface area (Å²) in [6.07, 6.45) is -0.841. The average molecular weight is 480 g/mol.